The zero-order valence-corrected chi connectivity index (χ0v) is 17.1. The first-order valence-corrected chi connectivity index (χ1v) is 11.0. The highest BCUT2D eigenvalue weighted by Gasteiger charge is 2.38. The fourth-order valence-electron chi connectivity index (χ4n) is 4.45. The molecule has 7 heteroatoms. The minimum Gasteiger partial charge on any atom is -0.378 e. The summed E-state index contributed by atoms with van der Waals surface area (Å²) in [6.45, 7) is 4.42. The first kappa shape index (κ1) is 20.3. The largest absolute Gasteiger partial charge is 0.378 e. The number of morpholine rings is 1. The van der Waals surface area contributed by atoms with E-state index < -0.39 is 0 Å². The van der Waals surface area contributed by atoms with Crippen molar-refractivity contribution in [1.29, 1.82) is 0 Å². The Balaban J connectivity index is 1.29. The predicted molar refractivity (Wildman–Crippen MR) is 109 cm³/mol. The van der Waals surface area contributed by atoms with Gasteiger partial charge in [-0.05, 0) is 43.7 Å². The van der Waals surface area contributed by atoms with Crippen LogP contribution >= 0.6 is 0 Å². The number of hydrogen-bond acceptors (Lipinski definition) is 5. The highest BCUT2D eigenvalue weighted by atomic mass is 16.5. The van der Waals surface area contributed by atoms with Gasteiger partial charge in [0.15, 0.2) is 0 Å². The number of ether oxygens (including phenoxy) is 1. The zero-order valence-electron chi connectivity index (χ0n) is 17.1. The highest BCUT2D eigenvalue weighted by molar-refractivity contribution is 5.78. The van der Waals surface area contributed by atoms with Crippen LogP contribution in [0.25, 0.3) is 0 Å². The maximum Gasteiger partial charge on any atom is 0.226 e. The van der Waals surface area contributed by atoms with Crippen LogP contribution in [-0.4, -0.2) is 78.1 Å². The quantitative estimate of drug-likeness (QED) is 0.711. The van der Waals surface area contributed by atoms with Gasteiger partial charge in [0.25, 0.3) is 0 Å². The molecule has 1 N–H and O–H groups in total. The number of amides is 2. The smallest absolute Gasteiger partial charge is 0.226 e. The zero-order chi connectivity index (χ0) is 20.1. The van der Waals surface area contributed by atoms with Crippen LogP contribution in [0.3, 0.4) is 0 Å². The SMILES string of the molecule is O=C(Cc1ccccn1)NC[C@@H]1CC[C@H](CC(=O)N2CCOCC2)N1CC1CC1. The van der Waals surface area contributed by atoms with Crippen LogP contribution in [0.2, 0.25) is 0 Å². The molecule has 1 aromatic heterocycles. The number of likely N-dealkylation sites (tertiary alicyclic amines) is 1. The van der Waals surface area contributed by atoms with E-state index in [9.17, 15) is 9.59 Å². The molecule has 2 amide bonds. The van der Waals surface area contributed by atoms with Crippen molar-refractivity contribution in [2.75, 3.05) is 39.4 Å². The molecule has 4 rings (SSSR count). The van der Waals surface area contributed by atoms with Crippen molar-refractivity contribution in [3.05, 3.63) is 30.1 Å². The van der Waals surface area contributed by atoms with E-state index in [0.717, 1.165) is 31.0 Å². The number of hydrogen-bond donors (Lipinski definition) is 1. The molecule has 0 aromatic carbocycles. The van der Waals surface area contributed by atoms with Crippen molar-refractivity contribution in [2.45, 2.75) is 50.6 Å². The Bertz CT molecular complexity index is 689. The lowest BCUT2D eigenvalue weighted by Crippen LogP contribution is -2.47. The number of carbonyl (C=O) groups excluding carboxylic acids is 2. The number of carbonyl (C=O) groups is 2. The fourth-order valence-corrected chi connectivity index (χ4v) is 4.45. The second kappa shape index (κ2) is 9.67. The van der Waals surface area contributed by atoms with E-state index in [1.54, 1.807) is 6.20 Å². The molecule has 0 bridgehead atoms. The van der Waals surface area contributed by atoms with Crippen LogP contribution in [0.1, 0.15) is 37.8 Å². The van der Waals surface area contributed by atoms with Crippen molar-refractivity contribution in [1.82, 2.24) is 20.1 Å². The van der Waals surface area contributed by atoms with Gasteiger partial charge in [-0.2, -0.15) is 0 Å². The summed E-state index contributed by atoms with van der Waals surface area (Å²) in [4.78, 5) is 33.8. The van der Waals surface area contributed by atoms with Crippen molar-refractivity contribution >= 4 is 11.8 Å². The predicted octanol–water partition coefficient (Wildman–Crippen LogP) is 1.23. The van der Waals surface area contributed by atoms with Gasteiger partial charge in [-0.1, -0.05) is 6.07 Å². The maximum atomic E-state index is 12.7. The average Bonchev–Trinajstić information content (AvgIpc) is 3.49. The molecule has 2 aliphatic heterocycles. The van der Waals surface area contributed by atoms with Gasteiger partial charge in [-0.25, -0.2) is 0 Å². The summed E-state index contributed by atoms with van der Waals surface area (Å²) in [6.07, 6.45) is 7.27. The normalized spacial score (nSPS) is 25.2. The summed E-state index contributed by atoms with van der Waals surface area (Å²) in [5.74, 6) is 1.03. The summed E-state index contributed by atoms with van der Waals surface area (Å²) in [7, 11) is 0. The Hall–Kier alpha value is -1.99. The third kappa shape index (κ3) is 5.76. The highest BCUT2D eigenvalue weighted by Crippen LogP contribution is 2.35. The summed E-state index contributed by atoms with van der Waals surface area (Å²) in [6, 6.07) is 6.25. The summed E-state index contributed by atoms with van der Waals surface area (Å²) in [5, 5.41) is 3.10. The average molecular weight is 401 g/mol. The molecule has 2 saturated heterocycles. The molecule has 3 heterocycles. The van der Waals surface area contributed by atoms with E-state index >= 15 is 0 Å². The molecule has 3 aliphatic rings. The van der Waals surface area contributed by atoms with Crippen LogP contribution in [0.4, 0.5) is 0 Å². The summed E-state index contributed by atoms with van der Waals surface area (Å²) in [5.41, 5.74) is 0.792. The molecule has 158 valence electrons. The topological polar surface area (TPSA) is 74.8 Å². The Labute approximate surface area is 172 Å². The first-order valence-electron chi connectivity index (χ1n) is 11.0. The van der Waals surface area contributed by atoms with Crippen LogP contribution in [0.5, 0.6) is 0 Å². The standard InChI is InChI=1S/C22H32N4O3/c27-21(13-18-3-1-2-8-23-18)24-15-20-7-6-19(26(20)16-17-4-5-17)14-22(28)25-9-11-29-12-10-25/h1-3,8,17,19-20H,4-7,9-16H2,(H,24,27)/t19-,20+/m1/s1. The third-order valence-electron chi connectivity index (χ3n) is 6.31. The van der Waals surface area contributed by atoms with Crippen LogP contribution < -0.4 is 5.32 Å². The Kier molecular flexibility index (Phi) is 6.77. The minimum atomic E-state index is 0.0166. The Morgan fingerprint density at radius 2 is 1.90 bits per heavy atom. The third-order valence-corrected chi connectivity index (χ3v) is 6.31. The van der Waals surface area contributed by atoms with E-state index in [1.807, 2.05) is 23.1 Å². The van der Waals surface area contributed by atoms with Crippen molar-refractivity contribution in [2.24, 2.45) is 5.92 Å². The van der Waals surface area contributed by atoms with Crippen LogP contribution in [0.15, 0.2) is 24.4 Å². The van der Waals surface area contributed by atoms with Crippen LogP contribution in [-0.2, 0) is 20.7 Å². The second-order valence-electron chi connectivity index (χ2n) is 8.52. The number of nitrogens with one attached hydrogen (secondary N) is 1. The van der Waals surface area contributed by atoms with Crippen molar-refractivity contribution in [3.8, 4) is 0 Å². The van der Waals surface area contributed by atoms with E-state index in [-0.39, 0.29) is 11.8 Å². The molecule has 0 unspecified atom stereocenters. The van der Waals surface area contributed by atoms with Gasteiger partial charge in [0.2, 0.25) is 11.8 Å². The molecule has 2 atom stereocenters. The lowest BCUT2D eigenvalue weighted by Gasteiger charge is -2.33. The number of nitrogens with zero attached hydrogens (tertiary/aromatic N) is 3. The molecular formula is C22H32N4O3. The second-order valence-corrected chi connectivity index (χ2v) is 8.52. The molecule has 1 saturated carbocycles. The fraction of sp³-hybridized carbons (Fsp3) is 0.682. The van der Waals surface area contributed by atoms with Gasteiger partial charge in [0.05, 0.1) is 19.6 Å². The van der Waals surface area contributed by atoms with Gasteiger partial charge in [0, 0.05) is 56.6 Å². The van der Waals surface area contributed by atoms with Gasteiger partial charge >= 0.3 is 0 Å². The van der Waals surface area contributed by atoms with E-state index in [2.05, 4.69) is 15.2 Å². The maximum absolute atomic E-state index is 12.7. The molecule has 7 nitrogen and oxygen atoms in total. The van der Waals surface area contributed by atoms with Crippen LogP contribution in [0, 0.1) is 5.92 Å². The molecule has 1 aromatic rings. The van der Waals surface area contributed by atoms with E-state index in [0.29, 0.717) is 57.8 Å². The van der Waals surface area contributed by atoms with Crippen molar-refractivity contribution in [3.63, 3.8) is 0 Å². The molecule has 29 heavy (non-hydrogen) atoms. The Morgan fingerprint density at radius 1 is 1.10 bits per heavy atom. The van der Waals surface area contributed by atoms with Gasteiger partial charge < -0.3 is 15.0 Å². The lowest BCUT2D eigenvalue weighted by atomic mass is 10.1. The summed E-state index contributed by atoms with van der Waals surface area (Å²) >= 11 is 0. The number of pyridine rings is 1. The van der Waals surface area contributed by atoms with Gasteiger partial charge in [-0.15, -0.1) is 0 Å². The molecule has 3 fully saturated rings. The molecule has 1 aliphatic carbocycles. The molecule has 0 radical (unpaired) electrons. The van der Waals surface area contributed by atoms with Gasteiger partial charge in [0.1, 0.15) is 0 Å². The Morgan fingerprint density at radius 3 is 2.62 bits per heavy atom. The molecular weight excluding hydrogens is 368 g/mol. The number of rotatable bonds is 8. The summed E-state index contributed by atoms with van der Waals surface area (Å²) < 4.78 is 5.37. The molecule has 0 spiro atoms. The number of aromatic nitrogens is 1. The first-order chi connectivity index (χ1) is 14.2. The van der Waals surface area contributed by atoms with E-state index in [1.165, 1.54) is 12.8 Å². The van der Waals surface area contributed by atoms with Gasteiger partial charge in [-0.3, -0.25) is 19.5 Å². The minimum absolute atomic E-state index is 0.0166. The monoisotopic (exact) mass is 400 g/mol. The van der Waals surface area contributed by atoms with E-state index in [4.69, 9.17) is 4.74 Å². The van der Waals surface area contributed by atoms with Crippen molar-refractivity contribution < 1.29 is 14.3 Å². The lowest BCUT2D eigenvalue weighted by molar-refractivity contribution is -0.136.